The Kier molecular flexibility index (Phi) is 2.27. The summed E-state index contributed by atoms with van der Waals surface area (Å²) in [6.45, 7) is 3.57. The molecule has 4 heteroatoms. The molecule has 0 saturated carbocycles. The van der Waals surface area contributed by atoms with Gasteiger partial charge in [-0.1, -0.05) is 11.6 Å². The van der Waals surface area contributed by atoms with Gasteiger partial charge in [0.25, 0.3) is 5.91 Å². The van der Waals surface area contributed by atoms with Crippen LogP contribution in [0.5, 0.6) is 0 Å². The number of nitrogens with zero attached hydrogens (tertiary/aromatic N) is 1. The van der Waals surface area contributed by atoms with E-state index >= 15 is 0 Å². The van der Waals surface area contributed by atoms with Crippen molar-refractivity contribution in [2.45, 2.75) is 19.4 Å². The number of amides is 1. The van der Waals surface area contributed by atoms with Crippen LogP contribution in [0.15, 0.2) is 29.3 Å². The molecule has 1 heterocycles. The second-order valence-electron chi connectivity index (χ2n) is 3.98. The predicted molar refractivity (Wildman–Crippen MR) is 60.2 cm³/mol. The SMILES string of the molecule is CC1(C)N=C(c2ccc(Cl)cc2)NC1=O. The number of rotatable bonds is 1. The van der Waals surface area contributed by atoms with Crippen molar-refractivity contribution in [3.63, 3.8) is 0 Å². The highest BCUT2D eigenvalue weighted by molar-refractivity contribution is 6.30. The van der Waals surface area contributed by atoms with E-state index in [1.807, 2.05) is 12.1 Å². The van der Waals surface area contributed by atoms with Gasteiger partial charge in [0, 0.05) is 10.6 Å². The summed E-state index contributed by atoms with van der Waals surface area (Å²) in [4.78, 5) is 15.8. The van der Waals surface area contributed by atoms with E-state index in [1.54, 1.807) is 26.0 Å². The molecule has 0 unspecified atom stereocenters. The zero-order chi connectivity index (χ0) is 11.1. The fourth-order valence-electron chi connectivity index (χ4n) is 1.36. The van der Waals surface area contributed by atoms with Gasteiger partial charge in [-0.05, 0) is 38.1 Å². The van der Waals surface area contributed by atoms with Gasteiger partial charge in [0.05, 0.1) is 0 Å². The molecular weight excluding hydrogens is 212 g/mol. The molecule has 1 aliphatic heterocycles. The quantitative estimate of drug-likeness (QED) is 0.776. The zero-order valence-electron chi connectivity index (χ0n) is 8.54. The number of carbonyl (C=O) groups excluding carboxylic acids is 1. The predicted octanol–water partition coefficient (Wildman–Crippen LogP) is 1.99. The lowest BCUT2D eigenvalue weighted by atomic mass is 10.1. The Morgan fingerprint density at radius 2 is 1.87 bits per heavy atom. The molecule has 0 fully saturated rings. The van der Waals surface area contributed by atoms with E-state index in [4.69, 9.17) is 11.6 Å². The van der Waals surface area contributed by atoms with Crippen LogP contribution in [-0.2, 0) is 4.79 Å². The molecule has 78 valence electrons. The summed E-state index contributed by atoms with van der Waals surface area (Å²) < 4.78 is 0. The second-order valence-corrected chi connectivity index (χ2v) is 4.42. The fourth-order valence-corrected chi connectivity index (χ4v) is 1.49. The van der Waals surface area contributed by atoms with Crippen LogP contribution in [0.4, 0.5) is 0 Å². The molecule has 0 atom stereocenters. The molecule has 1 aliphatic rings. The van der Waals surface area contributed by atoms with Crippen molar-refractivity contribution in [2.75, 3.05) is 0 Å². The summed E-state index contributed by atoms with van der Waals surface area (Å²) in [6, 6.07) is 7.22. The van der Waals surface area contributed by atoms with Gasteiger partial charge in [0.15, 0.2) is 0 Å². The zero-order valence-corrected chi connectivity index (χ0v) is 9.30. The number of hydrogen-bond acceptors (Lipinski definition) is 2. The van der Waals surface area contributed by atoms with Gasteiger partial charge < -0.3 is 5.32 Å². The monoisotopic (exact) mass is 222 g/mol. The van der Waals surface area contributed by atoms with Crippen molar-refractivity contribution in [1.29, 1.82) is 0 Å². The van der Waals surface area contributed by atoms with Crippen molar-refractivity contribution in [1.82, 2.24) is 5.32 Å². The van der Waals surface area contributed by atoms with Gasteiger partial charge in [-0.15, -0.1) is 0 Å². The summed E-state index contributed by atoms with van der Waals surface area (Å²) in [5, 5.41) is 3.42. The van der Waals surface area contributed by atoms with Gasteiger partial charge in [-0.2, -0.15) is 0 Å². The van der Waals surface area contributed by atoms with Crippen molar-refractivity contribution in [3.8, 4) is 0 Å². The molecule has 0 aliphatic carbocycles. The van der Waals surface area contributed by atoms with Crippen molar-refractivity contribution in [2.24, 2.45) is 4.99 Å². The van der Waals surface area contributed by atoms with Crippen molar-refractivity contribution < 1.29 is 4.79 Å². The Morgan fingerprint density at radius 3 is 2.33 bits per heavy atom. The first-order valence-corrected chi connectivity index (χ1v) is 5.04. The number of nitrogens with one attached hydrogen (secondary N) is 1. The van der Waals surface area contributed by atoms with Crippen LogP contribution >= 0.6 is 11.6 Å². The van der Waals surface area contributed by atoms with E-state index in [9.17, 15) is 4.79 Å². The molecule has 3 nitrogen and oxygen atoms in total. The molecule has 1 amide bonds. The smallest absolute Gasteiger partial charge is 0.252 e. The Labute approximate surface area is 93.2 Å². The van der Waals surface area contributed by atoms with E-state index in [2.05, 4.69) is 10.3 Å². The van der Waals surface area contributed by atoms with Gasteiger partial charge in [0.1, 0.15) is 11.4 Å². The minimum atomic E-state index is -0.672. The van der Waals surface area contributed by atoms with Crippen molar-refractivity contribution in [3.05, 3.63) is 34.9 Å². The van der Waals surface area contributed by atoms with E-state index in [0.29, 0.717) is 10.9 Å². The molecule has 0 bridgehead atoms. The average Bonchev–Trinajstić information content (AvgIpc) is 2.42. The van der Waals surface area contributed by atoms with Gasteiger partial charge in [-0.25, -0.2) is 0 Å². The molecule has 0 radical (unpaired) electrons. The summed E-state index contributed by atoms with van der Waals surface area (Å²) in [6.07, 6.45) is 0. The van der Waals surface area contributed by atoms with Crippen LogP contribution in [0.1, 0.15) is 19.4 Å². The first-order valence-electron chi connectivity index (χ1n) is 4.66. The lowest BCUT2D eigenvalue weighted by Crippen LogP contribution is -2.34. The number of hydrogen-bond donors (Lipinski definition) is 1. The summed E-state index contributed by atoms with van der Waals surface area (Å²) in [5.41, 5.74) is 0.202. The first kappa shape index (κ1) is 10.2. The number of amidine groups is 1. The Hall–Kier alpha value is -1.35. The lowest BCUT2D eigenvalue weighted by molar-refractivity contribution is -0.122. The lowest BCUT2D eigenvalue weighted by Gasteiger charge is -2.07. The molecular formula is C11H11ClN2O. The van der Waals surface area contributed by atoms with Crippen molar-refractivity contribution >= 4 is 23.3 Å². The Balaban J connectivity index is 2.35. The molecule has 1 N–H and O–H groups in total. The third kappa shape index (κ3) is 1.88. The number of benzene rings is 1. The number of halogens is 1. The van der Waals surface area contributed by atoms with Crippen LogP contribution in [-0.4, -0.2) is 17.3 Å². The maximum atomic E-state index is 11.5. The topological polar surface area (TPSA) is 41.5 Å². The number of carbonyl (C=O) groups is 1. The Bertz CT molecular complexity index is 434. The fraction of sp³-hybridized carbons (Fsp3) is 0.273. The molecule has 0 aromatic heterocycles. The Morgan fingerprint density at radius 1 is 1.27 bits per heavy atom. The molecule has 15 heavy (non-hydrogen) atoms. The summed E-state index contributed by atoms with van der Waals surface area (Å²) >= 11 is 5.78. The van der Waals surface area contributed by atoms with Crippen LogP contribution in [0.3, 0.4) is 0 Å². The van der Waals surface area contributed by atoms with E-state index in [1.165, 1.54) is 0 Å². The third-order valence-electron chi connectivity index (χ3n) is 2.30. The molecule has 1 aromatic rings. The maximum absolute atomic E-state index is 11.5. The third-order valence-corrected chi connectivity index (χ3v) is 2.55. The normalized spacial score (nSPS) is 18.6. The minimum absolute atomic E-state index is 0.0764. The maximum Gasteiger partial charge on any atom is 0.252 e. The number of aliphatic imine (C=N–C) groups is 1. The second kappa shape index (κ2) is 3.35. The summed E-state index contributed by atoms with van der Waals surface area (Å²) in [7, 11) is 0. The van der Waals surface area contributed by atoms with E-state index in [-0.39, 0.29) is 5.91 Å². The van der Waals surface area contributed by atoms with Crippen LogP contribution < -0.4 is 5.32 Å². The van der Waals surface area contributed by atoms with Crippen LogP contribution in [0, 0.1) is 0 Å². The highest BCUT2D eigenvalue weighted by Gasteiger charge is 2.34. The van der Waals surface area contributed by atoms with Crippen LogP contribution in [0.2, 0.25) is 5.02 Å². The van der Waals surface area contributed by atoms with Gasteiger partial charge in [-0.3, -0.25) is 9.79 Å². The van der Waals surface area contributed by atoms with Crippen LogP contribution in [0.25, 0.3) is 0 Å². The van der Waals surface area contributed by atoms with Gasteiger partial charge >= 0.3 is 0 Å². The highest BCUT2D eigenvalue weighted by atomic mass is 35.5. The first-order chi connectivity index (χ1) is 6.99. The van der Waals surface area contributed by atoms with E-state index < -0.39 is 5.54 Å². The average molecular weight is 223 g/mol. The highest BCUT2D eigenvalue weighted by Crippen LogP contribution is 2.18. The molecule has 2 rings (SSSR count). The largest absolute Gasteiger partial charge is 0.308 e. The molecule has 1 aromatic carbocycles. The van der Waals surface area contributed by atoms with Gasteiger partial charge in [0.2, 0.25) is 0 Å². The van der Waals surface area contributed by atoms with E-state index in [0.717, 1.165) is 5.56 Å². The summed E-state index contributed by atoms with van der Waals surface area (Å²) in [5.74, 6) is 0.536. The molecule has 0 saturated heterocycles. The minimum Gasteiger partial charge on any atom is -0.308 e. The molecule has 0 spiro atoms. The standard InChI is InChI=1S/C11H11ClN2O/c1-11(2)10(15)13-9(14-11)7-3-5-8(12)6-4-7/h3-6H,1-2H3,(H,13,14,15).